The lowest BCUT2D eigenvalue weighted by Crippen LogP contribution is -2.40. The Morgan fingerprint density at radius 2 is 2.00 bits per heavy atom. The molecule has 0 radical (unpaired) electrons. The fourth-order valence-corrected chi connectivity index (χ4v) is 3.43. The summed E-state index contributed by atoms with van der Waals surface area (Å²) in [4.78, 5) is 4.37. The second kappa shape index (κ2) is 6.47. The van der Waals surface area contributed by atoms with Crippen molar-refractivity contribution >= 4 is 11.4 Å². The van der Waals surface area contributed by atoms with Crippen LogP contribution in [0.5, 0.6) is 5.75 Å². The Morgan fingerprint density at radius 1 is 1.31 bits per heavy atom. The minimum absolute atomic E-state index is 0.0951. The van der Waals surface area contributed by atoms with Gasteiger partial charge in [0.2, 0.25) is 0 Å². The van der Waals surface area contributed by atoms with E-state index in [0.29, 0.717) is 11.4 Å². The van der Waals surface area contributed by atoms with Crippen LogP contribution in [-0.2, 0) is 24.1 Å². The Morgan fingerprint density at radius 3 is 2.62 bits per heavy atom. The number of nitrogens with zero attached hydrogens (tertiary/aromatic N) is 2. The van der Waals surface area contributed by atoms with Gasteiger partial charge in [-0.2, -0.15) is 13.2 Å². The van der Waals surface area contributed by atoms with Crippen molar-refractivity contribution in [3.05, 3.63) is 41.5 Å². The normalized spacial score (nSPS) is 16.5. The first-order valence-corrected chi connectivity index (χ1v) is 9.22. The second-order valence-corrected chi connectivity index (χ2v) is 9.13. The highest BCUT2D eigenvalue weighted by atomic mass is 32.2. The molecule has 1 N–H and O–H groups in total. The molecule has 142 valence electrons. The van der Waals surface area contributed by atoms with Crippen molar-refractivity contribution in [2.24, 2.45) is 0 Å². The smallest absolute Gasteiger partial charge is 0.416 e. The van der Waals surface area contributed by atoms with Crippen LogP contribution in [0.4, 0.5) is 13.2 Å². The molecule has 1 aromatic carbocycles. The van der Waals surface area contributed by atoms with Gasteiger partial charge in [0.25, 0.3) is 0 Å². The molecular formula is C17H20F3N3O2S. The predicted molar refractivity (Wildman–Crippen MR) is 92.3 cm³/mol. The summed E-state index contributed by atoms with van der Waals surface area (Å²) in [6.45, 7) is 7.53. The standard InChI is InChI=1S/C17H20F3N3O2S/c1-10(22-26(24)16(2,3)4)15-13-8-25-14-7-11(17(18,19)20)5-6-12(14)23(13)9-21-15/h5-7,9-10,22H,8H2,1-4H3/t10-,26-/m0/s1. The van der Waals surface area contributed by atoms with Crippen LogP contribution < -0.4 is 9.46 Å². The summed E-state index contributed by atoms with van der Waals surface area (Å²) in [6.07, 6.45) is -2.87. The molecule has 0 aliphatic carbocycles. The first-order chi connectivity index (χ1) is 12.0. The minimum atomic E-state index is -4.42. The van der Waals surface area contributed by atoms with Gasteiger partial charge in [-0.3, -0.25) is 4.57 Å². The fourth-order valence-electron chi connectivity index (χ4n) is 2.64. The second-order valence-electron chi connectivity index (χ2n) is 7.14. The van der Waals surface area contributed by atoms with Gasteiger partial charge < -0.3 is 9.29 Å². The van der Waals surface area contributed by atoms with E-state index < -0.39 is 27.8 Å². The topological polar surface area (TPSA) is 62.1 Å². The van der Waals surface area contributed by atoms with E-state index in [9.17, 15) is 17.7 Å². The Kier molecular flexibility index (Phi) is 4.74. The van der Waals surface area contributed by atoms with Crippen LogP contribution in [0.25, 0.3) is 5.69 Å². The van der Waals surface area contributed by atoms with Gasteiger partial charge in [0.15, 0.2) is 0 Å². The lowest BCUT2D eigenvalue weighted by atomic mass is 10.1. The van der Waals surface area contributed by atoms with Crippen molar-refractivity contribution in [3.63, 3.8) is 0 Å². The number of imidazole rings is 1. The lowest BCUT2D eigenvalue weighted by Gasteiger charge is -2.27. The van der Waals surface area contributed by atoms with E-state index in [1.165, 1.54) is 6.07 Å². The lowest BCUT2D eigenvalue weighted by molar-refractivity contribution is -0.137. The summed E-state index contributed by atoms with van der Waals surface area (Å²) in [5.74, 6) is 0.162. The summed E-state index contributed by atoms with van der Waals surface area (Å²) in [7, 11) is 0. The number of rotatable bonds is 3. The highest BCUT2D eigenvalue weighted by Crippen LogP contribution is 2.38. The number of halogens is 3. The van der Waals surface area contributed by atoms with Crippen LogP contribution in [0.2, 0.25) is 0 Å². The molecule has 3 rings (SSSR count). The summed E-state index contributed by atoms with van der Waals surface area (Å²) in [6, 6.07) is 3.09. The molecule has 26 heavy (non-hydrogen) atoms. The van der Waals surface area contributed by atoms with Crippen molar-refractivity contribution in [3.8, 4) is 11.4 Å². The van der Waals surface area contributed by atoms with E-state index >= 15 is 0 Å². The molecule has 0 unspecified atom stereocenters. The molecule has 9 heteroatoms. The number of aromatic nitrogens is 2. The first-order valence-electron chi connectivity index (χ1n) is 8.07. The van der Waals surface area contributed by atoms with Crippen LogP contribution in [0.15, 0.2) is 24.5 Å². The van der Waals surface area contributed by atoms with Crippen LogP contribution in [-0.4, -0.2) is 18.9 Å². The molecule has 1 aliphatic rings. The quantitative estimate of drug-likeness (QED) is 0.812. The Hall–Kier alpha value is -1.71. The average molecular weight is 387 g/mol. The third-order valence-electron chi connectivity index (χ3n) is 4.06. The van der Waals surface area contributed by atoms with E-state index in [1.807, 2.05) is 27.7 Å². The largest absolute Gasteiger partial charge is 0.598 e. The first kappa shape index (κ1) is 19.1. The number of benzene rings is 1. The number of fused-ring (bicyclic) bond motifs is 3. The van der Waals surface area contributed by atoms with Crippen LogP contribution in [0, 0.1) is 0 Å². The number of alkyl halides is 3. The molecule has 0 bridgehead atoms. The van der Waals surface area contributed by atoms with Crippen molar-refractivity contribution < 1.29 is 22.5 Å². The molecule has 0 spiro atoms. The highest BCUT2D eigenvalue weighted by Gasteiger charge is 2.34. The molecule has 2 heterocycles. The van der Waals surface area contributed by atoms with E-state index in [2.05, 4.69) is 9.71 Å². The van der Waals surface area contributed by atoms with E-state index in [-0.39, 0.29) is 18.4 Å². The highest BCUT2D eigenvalue weighted by molar-refractivity contribution is 7.90. The van der Waals surface area contributed by atoms with Crippen molar-refractivity contribution in [1.29, 1.82) is 0 Å². The van der Waals surface area contributed by atoms with Crippen molar-refractivity contribution in [1.82, 2.24) is 14.3 Å². The third-order valence-corrected chi connectivity index (χ3v) is 5.74. The summed E-state index contributed by atoms with van der Waals surface area (Å²) in [5.41, 5.74) is 1.13. The number of nitrogens with one attached hydrogen (secondary N) is 1. The molecule has 0 saturated heterocycles. The molecule has 1 aliphatic heterocycles. The van der Waals surface area contributed by atoms with Gasteiger partial charge in [-0.25, -0.2) is 4.98 Å². The summed E-state index contributed by atoms with van der Waals surface area (Å²) in [5, 5.41) is 0. The molecule has 2 aromatic rings. The van der Waals surface area contributed by atoms with Gasteiger partial charge in [-0.05, 0) is 45.9 Å². The van der Waals surface area contributed by atoms with Crippen molar-refractivity contribution in [2.75, 3.05) is 0 Å². The van der Waals surface area contributed by atoms with Crippen LogP contribution in [0.3, 0.4) is 0 Å². The van der Waals surface area contributed by atoms with Crippen LogP contribution >= 0.6 is 0 Å². The SMILES string of the molecule is C[C@H](N[S@@+]([O-])C(C)(C)C)c1ncn2c1COc1cc(C(F)(F)F)ccc1-2. The Bertz CT molecular complexity index is 815. The van der Waals surface area contributed by atoms with Gasteiger partial charge in [0.1, 0.15) is 23.4 Å². The monoisotopic (exact) mass is 387 g/mol. The molecule has 2 atom stereocenters. The molecular weight excluding hydrogens is 367 g/mol. The molecule has 5 nitrogen and oxygen atoms in total. The fraction of sp³-hybridized carbons (Fsp3) is 0.471. The zero-order valence-electron chi connectivity index (χ0n) is 14.8. The van der Waals surface area contributed by atoms with Crippen LogP contribution in [0.1, 0.15) is 50.7 Å². The Labute approximate surface area is 152 Å². The maximum Gasteiger partial charge on any atom is 0.416 e. The van der Waals surface area contributed by atoms with E-state index in [1.54, 1.807) is 10.9 Å². The minimum Gasteiger partial charge on any atom is -0.598 e. The predicted octanol–water partition coefficient (Wildman–Crippen LogP) is 3.90. The Balaban J connectivity index is 1.90. The number of ether oxygens (including phenoxy) is 1. The molecule has 0 fully saturated rings. The maximum atomic E-state index is 12.9. The average Bonchev–Trinajstić information content (AvgIpc) is 2.96. The number of hydrogen-bond acceptors (Lipinski definition) is 4. The van der Waals surface area contributed by atoms with E-state index in [4.69, 9.17) is 4.74 Å². The maximum absolute atomic E-state index is 12.9. The summed E-state index contributed by atoms with van der Waals surface area (Å²) >= 11 is -1.28. The zero-order chi connectivity index (χ0) is 19.3. The number of hydrogen-bond donors (Lipinski definition) is 1. The van der Waals surface area contributed by atoms with Gasteiger partial charge in [-0.1, -0.05) is 0 Å². The van der Waals surface area contributed by atoms with Gasteiger partial charge in [0, 0.05) is 11.4 Å². The van der Waals surface area contributed by atoms with Crippen molar-refractivity contribution in [2.45, 2.75) is 51.3 Å². The van der Waals surface area contributed by atoms with Gasteiger partial charge in [-0.15, -0.1) is 4.72 Å². The van der Waals surface area contributed by atoms with E-state index in [0.717, 1.165) is 17.8 Å². The molecule has 1 aromatic heterocycles. The third kappa shape index (κ3) is 3.56. The molecule has 0 amide bonds. The zero-order valence-corrected chi connectivity index (χ0v) is 15.7. The van der Waals surface area contributed by atoms with Gasteiger partial charge >= 0.3 is 6.18 Å². The summed E-state index contributed by atoms with van der Waals surface area (Å²) < 4.78 is 60.8. The molecule has 0 saturated carbocycles. The van der Waals surface area contributed by atoms with Gasteiger partial charge in [0.05, 0.1) is 28.7 Å².